The van der Waals surface area contributed by atoms with Crippen LogP contribution in [0.1, 0.15) is 52.0 Å². The zero-order valence-electron chi connectivity index (χ0n) is 14.8. The Hall–Kier alpha value is -1.55. The Morgan fingerprint density at radius 2 is 2.17 bits per heavy atom. The summed E-state index contributed by atoms with van der Waals surface area (Å²) in [6.07, 6.45) is 8.86. The van der Waals surface area contributed by atoms with Gasteiger partial charge in [0.05, 0.1) is 18.6 Å². The van der Waals surface area contributed by atoms with Crippen molar-refractivity contribution in [1.29, 1.82) is 0 Å². The first kappa shape index (κ1) is 17.3. The van der Waals surface area contributed by atoms with Crippen LogP contribution in [-0.4, -0.2) is 22.3 Å². The molecule has 1 saturated carbocycles. The number of aryl methyl sites for hydroxylation is 1. The van der Waals surface area contributed by atoms with Crippen molar-refractivity contribution in [3.8, 4) is 0 Å². The fourth-order valence-corrected chi connectivity index (χ4v) is 5.22. The lowest BCUT2D eigenvalue weighted by Gasteiger charge is -2.58. The number of rotatable bonds is 4. The molecule has 0 aromatic carbocycles. The van der Waals surface area contributed by atoms with Crippen molar-refractivity contribution >= 4 is 5.97 Å². The number of aliphatic hydroxyl groups excluding tert-OH is 1. The predicted octanol–water partition coefficient (Wildman–Crippen LogP) is 4.05. The van der Waals surface area contributed by atoms with E-state index in [4.69, 9.17) is 4.42 Å². The molecule has 0 radical (unpaired) electrons. The Morgan fingerprint density at radius 1 is 1.42 bits per heavy atom. The van der Waals surface area contributed by atoms with Gasteiger partial charge in [-0.15, -0.1) is 0 Å². The van der Waals surface area contributed by atoms with Gasteiger partial charge >= 0.3 is 5.97 Å². The average molecular weight is 332 g/mol. The van der Waals surface area contributed by atoms with E-state index in [0.717, 1.165) is 25.7 Å². The molecule has 132 valence electrons. The molecule has 1 unspecified atom stereocenters. The standard InChI is InChI=1S/C20H28O4/c1-13-4-7-20(3)16(18(22)23)10-15(21)11-17(20)19(13,2)8-5-14-6-9-24-12-14/h6,9-10,12-13,15,17,21H,4-5,7-8,11H2,1-3H3,(H,22,23)/t13-,15-,17?,19+,20-/m1/s1. The molecule has 3 rings (SSSR count). The van der Waals surface area contributed by atoms with Crippen LogP contribution in [0.4, 0.5) is 0 Å². The average Bonchev–Trinajstić information content (AvgIpc) is 3.04. The summed E-state index contributed by atoms with van der Waals surface area (Å²) < 4.78 is 5.18. The number of aliphatic carboxylic acids is 1. The summed E-state index contributed by atoms with van der Waals surface area (Å²) in [5.74, 6) is -0.206. The quantitative estimate of drug-likeness (QED) is 0.873. The van der Waals surface area contributed by atoms with E-state index in [1.54, 1.807) is 18.6 Å². The number of fused-ring (bicyclic) bond motifs is 1. The number of hydrogen-bond donors (Lipinski definition) is 2. The second-order valence-electron chi connectivity index (χ2n) is 8.24. The predicted molar refractivity (Wildman–Crippen MR) is 91.5 cm³/mol. The second kappa shape index (κ2) is 6.07. The molecule has 2 aliphatic rings. The Kier molecular flexibility index (Phi) is 4.37. The maximum Gasteiger partial charge on any atom is 0.331 e. The molecule has 0 aliphatic heterocycles. The van der Waals surface area contributed by atoms with E-state index < -0.39 is 12.1 Å². The van der Waals surface area contributed by atoms with Crippen LogP contribution in [0.2, 0.25) is 0 Å². The largest absolute Gasteiger partial charge is 0.478 e. The molecule has 0 saturated heterocycles. The van der Waals surface area contributed by atoms with Crippen LogP contribution in [-0.2, 0) is 11.2 Å². The van der Waals surface area contributed by atoms with E-state index in [0.29, 0.717) is 17.9 Å². The van der Waals surface area contributed by atoms with Crippen LogP contribution in [0.25, 0.3) is 0 Å². The number of carboxylic acids is 1. The van der Waals surface area contributed by atoms with E-state index in [2.05, 4.69) is 20.8 Å². The van der Waals surface area contributed by atoms with Crippen molar-refractivity contribution in [3.05, 3.63) is 35.8 Å². The Balaban J connectivity index is 1.93. The lowest BCUT2D eigenvalue weighted by Crippen LogP contribution is -2.53. The summed E-state index contributed by atoms with van der Waals surface area (Å²) >= 11 is 0. The Bertz CT molecular complexity index is 632. The highest BCUT2D eigenvalue weighted by Gasteiger charge is 2.56. The highest BCUT2D eigenvalue weighted by atomic mass is 16.4. The maximum atomic E-state index is 11.8. The number of furan rings is 1. The van der Waals surface area contributed by atoms with Crippen LogP contribution >= 0.6 is 0 Å². The van der Waals surface area contributed by atoms with Gasteiger partial charge in [-0.2, -0.15) is 0 Å². The van der Waals surface area contributed by atoms with Gasteiger partial charge in [0, 0.05) is 11.0 Å². The molecule has 2 N–H and O–H groups in total. The fourth-order valence-electron chi connectivity index (χ4n) is 5.22. The molecule has 1 aromatic rings. The summed E-state index contributed by atoms with van der Waals surface area (Å²) in [6, 6.07) is 1.99. The monoisotopic (exact) mass is 332 g/mol. The van der Waals surface area contributed by atoms with Gasteiger partial charge in [-0.25, -0.2) is 4.79 Å². The lowest BCUT2D eigenvalue weighted by atomic mass is 9.46. The highest BCUT2D eigenvalue weighted by Crippen LogP contribution is 2.61. The van der Waals surface area contributed by atoms with Crippen molar-refractivity contribution in [1.82, 2.24) is 0 Å². The van der Waals surface area contributed by atoms with Crippen LogP contribution in [0.15, 0.2) is 34.7 Å². The topological polar surface area (TPSA) is 70.7 Å². The van der Waals surface area contributed by atoms with Crippen LogP contribution in [0.3, 0.4) is 0 Å². The van der Waals surface area contributed by atoms with Crippen LogP contribution in [0, 0.1) is 22.7 Å². The van der Waals surface area contributed by atoms with Gasteiger partial charge in [0.25, 0.3) is 0 Å². The first-order chi connectivity index (χ1) is 11.3. The van der Waals surface area contributed by atoms with E-state index in [1.807, 2.05) is 6.07 Å². The van der Waals surface area contributed by atoms with Crippen molar-refractivity contribution in [2.75, 3.05) is 0 Å². The SMILES string of the molecule is C[C@@H]1CC[C@]2(C)C(C(=O)O)=C[C@@H](O)CC2[C@@]1(C)CCc1ccoc1. The molecule has 0 spiro atoms. The number of hydrogen-bond acceptors (Lipinski definition) is 3. The summed E-state index contributed by atoms with van der Waals surface area (Å²) in [7, 11) is 0. The minimum absolute atomic E-state index is 0.000208. The molecule has 1 fully saturated rings. The molecule has 1 heterocycles. The Labute approximate surface area is 143 Å². The fraction of sp³-hybridized carbons (Fsp3) is 0.650. The van der Waals surface area contributed by atoms with E-state index in [9.17, 15) is 15.0 Å². The maximum absolute atomic E-state index is 11.8. The van der Waals surface area contributed by atoms with Gasteiger partial charge in [-0.1, -0.05) is 20.8 Å². The number of carbonyl (C=O) groups is 1. The van der Waals surface area contributed by atoms with E-state index in [-0.39, 0.29) is 16.7 Å². The van der Waals surface area contributed by atoms with Crippen molar-refractivity contribution < 1.29 is 19.4 Å². The zero-order chi connectivity index (χ0) is 17.5. The van der Waals surface area contributed by atoms with Gasteiger partial charge in [0.2, 0.25) is 0 Å². The van der Waals surface area contributed by atoms with Gasteiger partial charge in [-0.05, 0) is 67.1 Å². The molecule has 0 bridgehead atoms. The summed E-state index contributed by atoms with van der Waals surface area (Å²) in [5, 5.41) is 20.0. The first-order valence-electron chi connectivity index (χ1n) is 8.92. The van der Waals surface area contributed by atoms with Crippen molar-refractivity contribution in [2.45, 2.75) is 59.0 Å². The molecule has 2 aliphatic carbocycles. The van der Waals surface area contributed by atoms with Gasteiger partial charge in [0.15, 0.2) is 0 Å². The smallest absolute Gasteiger partial charge is 0.331 e. The lowest BCUT2D eigenvalue weighted by molar-refractivity contribution is -0.138. The molecular formula is C20H28O4. The molecule has 24 heavy (non-hydrogen) atoms. The third-order valence-electron chi connectivity index (χ3n) is 7.00. The molecule has 0 amide bonds. The molecule has 4 nitrogen and oxygen atoms in total. The van der Waals surface area contributed by atoms with E-state index in [1.165, 1.54) is 5.56 Å². The first-order valence-corrected chi connectivity index (χ1v) is 8.92. The summed E-state index contributed by atoms with van der Waals surface area (Å²) in [5.41, 5.74) is 1.23. The zero-order valence-corrected chi connectivity index (χ0v) is 14.8. The van der Waals surface area contributed by atoms with Crippen LogP contribution in [0.5, 0.6) is 0 Å². The molecule has 1 aromatic heterocycles. The van der Waals surface area contributed by atoms with Gasteiger partial charge in [0.1, 0.15) is 0 Å². The second-order valence-corrected chi connectivity index (χ2v) is 8.24. The van der Waals surface area contributed by atoms with Gasteiger partial charge in [-0.3, -0.25) is 0 Å². The molecule has 4 heteroatoms. The third kappa shape index (κ3) is 2.71. The normalized spacial score (nSPS) is 39.2. The van der Waals surface area contributed by atoms with Crippen LogP contribution < -0.4 is 0 Å². The molecular weight excluding hydrogens is 304 g/mol. The van der Waals surface area contributed by atoms with Gasteiger partial charge < -0.3 is 14.6 Å². The van der Waals surface area contributed by atoms with Crippen molar-refractivity contribution in [2.24, 2.45) is 22.7 Å². The van der Waals surface area contributed by atoms with Crippen molar-refractivity contribution in [3.63, 3.8) is 0 Å². The molecule has 5 atom stereocenters. The highest BCUT2D eigenvalue weighted by molar-refractivity contribution is 5.88. The number of aliphatic hydroxyl groups is 1. The summed E-state index contributed by atoms with van der Waals surface area (Å²) in [4.78, 5) is 11.8. The minimum Gasteiger partial charge on any atom is -0.478 e. The Morgan fingerprint density at radius 3 is 2.79 bits per heavy atom. The summed E-state index contributed by atoms with van der Waals surface area (Å²) in [6.45, 7) is 6.66. The number of carboxylic acid groups (broad SMARTS) is 1. The minimum atomic E-state index is -0.881. The third-order valence-corrected chi connectivity index (χ3v) is 7.00. The van der Waals surface area contributed by atoms with E-state index >= 15 is 0 Å².